The Morgan fingerprint density at radius 2 is 1.90 bits per heavy atom. The number of benzene rings is 2. The highest BCUT2D eigenvalue weighted by atomic mass is 35.5. The van der Waals surface area contributed by atoms with Gasteiger partial charge in [0, 0.05) is 10.7 Å². The minimum Gasteiger partial charge on any atom is -0.482 e. The Morgan fingerprint density at radius 3 is 2.52 bits per heavy atom. The maximum Gasteiger partial charge on any atom is 0.422 e. The molecule has 1 amide bonds. The maximum absolute atomic E-state index is 13.0. The molecule has 11 heteroatoms. The Balaban J connectivity index is 1.78. The molecule has 1 saturated heterocycles. The highest BCUT2D eigenvalue weighted by Crippen LogP contribution is 2.30. The van der Waals surface area contributed by atoms with Crippen LogP contribution in [-0.2, 0) is 14.6 Å². The number of carbonyl (C=O) groups is 1. The third-order valence-corrected chi connectivity index (χ3v) is 6.63. The van der Waals surface area contributed by atoms with Crippen LogP contribution in [0.4, 0.5) is 24.5 Å². The van der Waals surface area contributed by atoms with Gasteiger partial charge < -0.3 is 15.0 Å². The zero-order chi connectivity index (χ0) is 22.6. The van der Waals surface area contributed by atoms with Crippen molar-refractivity contribution in [3.05, 3.63) is 53.6 Å². The molecule has 1 N–H and O–H groups in total. The molecule has 1 aliphatic rings. The number of nitrogens with one attached hydrogen (secondary N) is 1. The summed E-state index contributed by atoms with van der Waals surface area (Å²) in [4.78, 5) is 14.5. The van der Waals surface area contributed by atoms with Crippen molar-refractivity contribution in [3.63, 3.8) is 0 Å². The second kappa shape index (κ2) is 9.35. The van der Waals surface area contributed by atoms with Crippen molar-refractivity contribution in [2.45, 2.75) is 18.6 Å². The lowest BCUT2D eigenvalue weighted by Gasteiger charge is -2.29. The van der Waals surface area contributed by atoms with Gasteiger partial charge in [-0.1, -0.05) is 29.8 Å². The van der Waals surface area contributed by atoms with Crippen LogP contribution in [-0.4, -0.2) is 51.2 Å². The van der Waals surface area contributed by atoms with E-state index in [0.717, 1.165) is 0 Å². The Morgan fingerprint density at radius 1 is 1.19 bits per heavy atom. The van der Waals surface area contributed by atoms with Gasteiger partial charge in [0.25, 0.3) is 0 Å². The monoisotopic (exact) mass is 476 g/mol. The van der Waals surface area contributed by atoms with E-state index < -0.39 is 34.6 Å². The first-order valence-electron chi connectivity index (χ1n) is 9.34. The second-order valence-electron chi connectivity index (χ2n) is 7.05. The number of anilines is 2. The number of alkyl halides is 3. The van der Waals surface area contributed by atoms with Gasteiger partial charge in [0.2, 0.25) is 5.91 Å². The lowest BCUT2D eigenvalue weighted by Crippen LogP contribution is -2.44. The van der Waals surface area contributed by atoms with Gasteiger partial charge in [-0.15, -0.1) is 0 Å². The molecule has 1 atom stereocenters. The normalized spacial score (nSPS) is 17.9. The van der Waals surface area contributed by atoms with E-state index in [1.807, 2.05) is 0 Å². The van der Waals surface area contributed by atoms with Crippen LogP contribution in [0.2, 0.25) is 5.02 Å². The van der Waals surface area contributed by atoms with Crippen LogP contribution >= 0.6 is 11.6 Å². The number of ether oxygens (including phenoxy) is 1. The molecule has 0 aromatic heterocycles. The van der Waals surface area contributed by atoms with Gasteiger partial charge in [-0.05, 0) is 36.8 Å². The molecule has 3 rings (SSSR count). The number of rotatable bonds is 7. The molecule has 2 aromatic rings. The van der Waals surface area contributed by atoms with Gasteiger partial charge in [-0.25, -0.2) is 8.42 Å². The molecule has 1 heterocycles. The molecule has 168 valence electrons. The number of amides is 1. The molecule has 0 bridgehead atoms. The maximum atomic E-state index is 13.0. The first-order chi connectivity index (χ1) is 14.5. The summed E-state index contributed by atoms with van der Waals surface area (Å²) < 4.78 is 66.2. The van der Waals surface area contributed by atoms with Crippen molar-refractivity contribution in [1.82, 2.24) is 0 Å². The van der Waals surface area contributed by atoms with Crippen molar-refractivity contribution in [1.29, 1.82) is 0 Å². The standard InChI is InChI=1S/C20H20ClF3N2O4S/c21-14-6-7-18(30-13-20(22,23)24)17(10-14)25-11-19(27)26(15-4-2-1-3-5-15)16-8-9-31(28,29)12-16/h1-7,10,16,25H,8-9,11-13H2. The van der Waals surface area contributed by atoms with Gasteiger partial charge in [0.05, 0.1) is 29.8 Å². The lowest BCUT2D eigenvalue weighted by atomic mass is 10.1. The van der Waals surface area contributed by atoms with E-state index in [4.69, 9.17) is 16.3 Å². The van der Waals surface area contributed by atoms with Crippen molar-refractivity contribution in [3.8, 4) is 5.75 Å². The summed E-state index contributed by atoms with van der Waals surface area (Å²) in [5.41, 5.74) is 0.660. The number of sulfone groups is 1. The second-order valence-corrected chi connectivity index (χ2v) is 9.72. The number of hydrogen-bond donors (Lipinski definition) is 1. The van der Waals surface area contributed by atoms with Gasteiger partial charge >= 0.3 is 6.18 Å². The number of nitrogens with zero attached hydrogens (tertiary/aromatic N) is 1. The summed E-state index contributed by atoms with van der Waals surface area (Å²) in [5.74, 6) is -0.699. The summed E-state index contributed by atoms with van der Waals surface area (Å²) in [6.45, 7) is -1.79. The van der Waals surface area contributed by atoms with Crippen LogP contribution in [0.5, 0.6) is 5.75 Å². The average molecular weight is 477 g/mol. The van der Waals surface area contributed by atoms with Crippen molar-refractivity contribution in [2.24, 2.45) is 0 Å². The minimum absolute atomic E-state index is 0.00850. The first-order valence-corrected chi connectivity index (χ1v) is 11.5. The number of carbonyl (C=O) groups excluding carboxylic acids is 1. The quantitative estimate of drug-likeness (QED) is 0.655. The number of para-hydroxylation sites is 1. The third kappa shape index (κ3) is 6.51. The summed E-state index contributed by atoms with van der Waals surface area (Å²) in [6, 6.07) is 12.1. The molecule has 2 aromatic carbocycles. The molecule has 0 radical (unpaired) electrons. The van der Waals surface area contributed by atoms with E-state index in [1.54, 1.807) is 30.3 Å². The highest BCUT2D eigenvalue weighted by molar-refractivity contribution is 7.91. The fourth-order valence-electron chi connectivity index (χ4n) is 3.31. The van der Waals surface area contributed by atoms with Gasteiger partial charge in [0.15, 0.2) is 16.4 Å². The molecule has 0 saturated carbocycles. The number of hydrogen-bond acceptors (Lipinski definition) is 5. The van der Waals surface area contributed by atoms with E-state index in [9.17, 15) is 26.4 Å². The van der Waals surface area contributed by atoms with E-state index >= 15 is 0 Å². The zero-order valence-corrected chi connectivity index (χ0v) is 17.8. The topological polar surface area (TPSA) is 75.7 Å². The summed E-state index contributed by atoms with van der Waals surface area (Å²) in [7, 11) is -3.24. The Hall–Kier alpha value is -2.46. The largest absolute Gasteiger partial charge is 0.482 e. The molecule has 0 aliphatic carbocycles. The van der Waals surface area contributed by atoms with Crippen LogP contribution in [0.3, 0.4) is 0 Å². The summed E-state index contributed by atoms with van der Waals surface area (Å²) in [5, 5.41) is 3.01. The Labute approximate surface area is 182 Å². The third-order valence-electron chi connectivity index (χ3n) is 4.64. The van der Waals surface area contributed by atoms with Gasteiger partial charge in [0.1, 0.15) is 5.75 Å². The van der Waals surface area contributed by atoms with Crippen LogP contribution in [0.15, 0.2) is 48.5 Å². The predicted molar refractivity (Wildman–Crippen MR) is 112 cm³/mol. The molecule has 1 aliphatic heterocycles. The molecule has 1 unspecified atom stereocenters. The fraction of sp³-hybridized carbons (Fsp3) is 0.350. The molecule has 1 fully saturated rings. The van der Waals surface area contributed by atoms with Crippen molar-refractivity contribution in [2.75, 3.05) is 34.9 Å². The van der Waals surface area contributed by atoms with Crippen LogP contribution in [0.25, 0.3) is 0 Å². The first kappa shape index (κ1) is 23.2. The van der Waals surface area contributed by atoms with E-state index in [1.165, 1.54) is 23.1 Å². The van der Waals surface area contributed by atoms with Crippen molar-refractivity contribution >= 4 is 38.7 Å². The van der Waals surface area contributed by atoms with E-state index in [0.29, 0.717) is 12.1 Å². The Bertz CT molecular complexity index is 1030. The average Bonchev–Trinajstić information content (AvgIpc) is 3.05. The van der Waals surface area contributed by atoms with E-state index in [2.05, 4.69) is 5.32 Å². The zero-order valence-electron chi connectivity index (χ0n) is 16.2. The van der Waals surface area contributed by atoms with E-state index in [-0.39, 0.29) is 34.5 Å². The predicted octanol–water partition coefficient (Wildman–Crippen LogP) is 3.91. The summed E-state index contributed by atoms with van der Waals surface area (Å²) >= 11 is 5.94. The molecular formula is C20H20ClF3N2O4S. The SMILES string of the molecule is O=C(CNc1cc(Cl)ccc1OCC(F)(F)F)N(c1ccccc1)C1CCS(=O)(=O)C1. The highest BCUT2D eigenvalue weighted by Gasteiger charge is 2.35. The van der Waals surface area contributed by atoms with Gasteiger partial charge in [-0.2, -0.15) is 13.2 Å². The van der Waals surface area contributed by atoms with Crippen molar-refractivity contribution < 1.29 is 31.1 Å². The van der Waals surface area contributed by atoms with Crippen LogP contribution in [0, 0.1) is 0 Å². The molecular weight excluding hydrogens is 457 g/mol. The fourth-order valence-corrected chi connectivity index (χ4v) is 5.18. The lowest BCUT2D eigenvalue weighted by molar-refractivity contribution is -0.153. The minimum atomic E-state index is -4.52. The van der Waals surface area contributed by atoms with Gasteiger partial charge in [-0.3, -0.25) is 4.79 Å². The smallest absolute Gasteiger partial charge is 0.422 e. The van der Waals surface area contributed by atoms with Crippen LogP contribution < -0.4 is 15.0 Å². The number of halogens is 4. The molecule has 6 nitrogen and oxygen atoms in total. The Kier molecular flexibility index (Phi) is 7.00. The molecule has 31 heavy (non-hydrogen) atoms. The molecule has 0 spiro atoms. The van der Waals surface area contributed by atoms with Crippen LogP contribution in [0.1, 0.15) is 6.42 Å². The summed E-state index contributed by atoms with van der Waals surface area (Å²) in [6.07, 6.45) is -4.22.